The number of nitrogens with one attached hydrogen (secondary N) is 1. The number of fused-ring (bicyclic) bond motifs is 1. The van der Waals surface area contributed by atoms with Crippen LogP contribution in [0.1, 0.15) is 12.0 Å². The minimum Gasteiger partial charge on any atom is -0.295 e. The fourth-order valence-electron chi connectivity index (χ4n) is 2.38. The second-order valence-electron chi connectivity index (χ2n) is 4.89. The van der Waals surface area contributed by atoms with Gasteiger partial charge in [0.15, 0.2) is 0 Å². The Balaban J connectivity index is 2.21. The summed E-state index contributed by atoms with van der Waals surface area (Å²) in [6.45, 7) is 0. The van der Waals surface area contributed by atoms with E-state index in [-0.39, 0.29) is 11.3 Å². The quantitative estimate of drug-likeness (QED) is 0.853. The van der Waals surface area contributed by atoms with Crippen LogP contribution in [0.25, 0.3) is 16.6 Å². The van der Waals surface area contributed by atoms with Crippen LogP contribution in [0.15, 0.2) is 29.5 Å². The van der Waals surface area contributed by atoms with Gasteiger partial charge in [0.2, 0.25) is 0 Å². The molecule has 20 heavy (non-hydrogen) atoms. The summed E-state index contributed by atoms with van der Waals surface area (Å²) in [6, 6.07) is 1.78. The summed E-state index contributed by atoms with van der Waals surface area (Å²) in [5, 5.41) is 0.794. The van der Waals surface area contributed by atoms with Gasteiger partial charge in [-0.15, -0.1) is 0 Å². The number of aromatic nitrogens is 3. The zero-order chi connectivity index (χ0) is 14.3. The van der Waals surface area contributed by atoms with E-state index >= 15 is 0 Å². The third kappa shape index (κ3) is 2.14. The lowest BCUT2D eigenvalue weighted by atomic mass is 10.0. The van der Waals surface area contributed by atoms with Crippen LogP contribution in [0.3, 0.4) is 0 Å². The van der Waals surface area contributed by atoms with Crippen molar-refractivity contribution in [1.82, 2.24) is 14.5 Å². The lowest BCUT2D eigenvalue weighted by Gasteiger charge is -2.16. The van der Waals surface area contributed by atoms with Gasteiger partial charge in [-0.1, -0.05) is 6.08 Å². The molecule has 104 valence electrons. The Morgan fingerprint density at radius 1 is 1.45 bits per heavy atom. The maximum Gasteiger partial charge on any atom is 0.259 e. The van der Waals surface area contributed by atoms with Gasteiger partial charge in [0, 0.05) is 39.7 Å². The first-order chi connectivity index (χ1) is 9.48. The number of pyridine rings is 1. The van der Waals surface area contributed by atoms with E-state index in [9.17, 15) is 9.00 Å². The Morgan fingerprint density at radius 2 is 2.25 bits per heavy atom. The third-order valence-corrected chi connectivity index (χ3v) is 5.09. The second kappa shape index (κ2) is 4.52. The highest BCUT2D eigenvalue weighted by Gasteiger charge is 2.18. The monoisotopic (exact) mass is 290 g/mol. The molecule has 1 aliphatic heterocycles. The van der Waals surface area contributed by atoms with Crippen LogP contribution in [0, 0.1) is 4.78 Å². The van der Waals surface area contributed by atoms with Crippen LogP contribution in [-0.2, 0) is 16.8 Å². The molecule has 0 aliphatic carbocycles. The minimum absolute atomic E-state index is 0.124. The van der Waals surface area contributed by atoms with Gasteiger partial charge in [0.1, 0.15) is 12.0 Å². The van der Waals surface area contributed by atoms with E-state index in [1.54, 1.807) is 25.4 Å². The zero-order valence-corrected chi connectivity index (χ0v) is 11.8. The molecular weight excluding hydrogens is 276 g/mol. The van der Waals surface area contributed by atoms with Gasteiger partial charge in [-0.2, -0.15) is 0 Å². The predicted octanol–water partition coefficient (Wildman–Crippen LogP) is 1.16. The Kier molecular flexibility index (Phi) is 2.93. The molecule has 7 heteroatoms. The number of rotatable bonds is 1. The summed E-state index contributed by atoms with van der Waals surface area (Å²) in [7, 11) is -0.820. The van der Waals surface area contributed by atoms with E-state index in [4.69, 9.17) is 4.78 Å². The van der Waals surface area contributed by atoms with E-state index in [2.05, 4.69) is 9.97 Å². The molecule has 1 unspecified atom stereocenters. The maximum absolute atomic E-state index is 12.4. The van der Waals surface area contributed by atoms with E-state index in [1.807, 2.05) is 0 Å². The highest BCUT2D eigenvalue weighted by molar-refractivity contribution is 7.92. The van der Waals surface area contributed by atoms with E-state index in [0.29, 0.717) is 23.4 Å². The molecule has 2 aromatic rings. The van der Waals surface area contributed by atoms with Crippen LogP contribution in [0.2, 0.25) is 0 Å². The van der Waals surface area contributed by atoms with Gasteiger partial charge in [-0.25, -0.2) is 14.2 Å². The van der Waals surface area contributed by atoms with E-state index in [0.717, 1.165) is 11.0 Å². The van der Waals surface area contributed by atoms with Crippen LogP contribution in [0.5, 0.6) is 0 Å². The molecule has 0 saturated heterocycles. The molecule has 0 bridgehead atoms. The summed E-state index contributed by atoms with van der Waals surface area (Å²) in [5.74, 6) is 0.528. The molecule has 0 saturated carbocycles. The summed E-state index contributed by atoms with van der Waals surface area (Å²) in [4.78, 5) is 20.5. The number of allylic oxidation sites excluding steroid dienone is 1. The normalized spacial score (nSPS) is 22.8. The van der Waals surface area contributed by atoms with Crippen molar-refractivity contribution < 1.29 is 4.21 Å². The Morgan fingerprint density at radius 3 is 2.95 bits per heavy atom. The largest absolute Gasteiger partial charge is 0.295 e. The SMILES string of the molecule is Cn1c(=O)c(C2=CCS(=N)(=O)CC2)cc2cncnc21. The summed E-state index contributed by atoms with van der Waals surface area (Å²) >= 11 is 0. The van der Waals surface area contributed by atoms with Crippen molar-refractivity contribution in [3.05, 3.63) is 40.6 Å². The number of nitrogens with zero attached hydrogens (tertiary/aromatic N) is 3. The molecule has 0 spiro atoms. The molecule has 6 nitrogen and oxygen atoms in total. The van der Waals surface area contributed by atoms with Gasteiger partial charge in [-0.05, 0) is 18.1 Å². The third-order valence-electron chi connectivity index (χ3n) is 3.52. The smallest absolute Gasteiger partial charge is 0.259 e. The Labute approximate surface area is 116 Å². The summed E-state index contributed by atoms with van der Waals surface area (Å²) in [6.07, 6.45) is 5.33. The highest BCUT2D eigenvalue weighted by Crippen LogP contribution is 2.23. The average Bonchev–Trinajstić information content (AvgIpc) is 2.43. The maximum atomic E-state index is 12.4. The van der Waals surface area contributed by atoms with Gasteiger partial charge in [0.05, 0.1) is 5.75 Å². The van der Waals surface area contributed by atoms with Gasteiger partial charge >= 0.3 is 0 Å². The summed E-state index contributed by atoms with van der Waals surface area (Å²) < 4.78 is 20.8. The van der Waals surface area contributed by atoms with Gasteiger partial charge < -0.3 is 0 Å². The Bertz CT molecular complexity index is 881. The van der Waals surface area contributed by atoms with Crippen molar-refractivity contribution in [3.8, 4) is 0 Å². The lowest BCUT2D eigenvalue weighted by Crippen LogP contribution is -2.24. The number of aryl methyl sites for hydroxylation is 1. The molecule has 2 aromatic heterocycles. The van der Waals surface area contributed by atoms with Crippen molar-refractivity contribution in [2.75, 3.05) is 11.5 Å². The van der Waals surface area contributed by atoms with Crippen molar-refractivity contribution in [1.29, 1.82) is 4.78 Å². The van der Waals surface area contributed by atoms with Gasteiger partial charge in [0.25, 0.3) is 5.56 Å². The first-order valence-electron chi connectivity index (χ1n) is 6.21. The number of hydrogen-bond acceptors (Lipinski definition) is 5. The zero-order valence-electron chi connectivity index (χ0n) is 11.0. The summed E-state index contributed by atoms with van der Waals surface area (Å²) in [5.41, 5.74) is 1.92. The molecule has 1 atom stereocenters. The fourth-order valence-corrected chi connectivity index (χ4v) is 3.57. The molecule has 0 fully saturated rings. The highest BCUT2D eigenvalue weighted by atomic mass is 32.2. The topological polar surface area (TPSA) is 88.7 Å². The molecule has 3 heterocycles. The van der Waals surface area contributed by atoms with Crippen molar-refractivity contribution in [2.24, 2.45) is 7.05 Å². The lowest BCUT2D eigenvalue weighted by molar-refractivity contribution is 0.675. The molecule has 0 aromatic carbocycles. The minimum atomic E-state index is -2.50. The predicted molar refractivity (Wildman–Crippen MR) is 78.0 cm³/mol. The van der Waals surface area contributed by atoms with Crippen molar-refractivity contribution in [3.63, 3.8) is 0 Å². The molecule has 1 aliphatic rings. The van der Waals surface area contributed by atoms with Gasteiger partial charge in [-0.3, -0.25) is 14.1 Å². The van der Waals surface area contributed by atoms with E-state index < -0.39 is 9.73 Å². The average molecular weight is 290 g/mol. The van der Waals surface area contributed by atoms with Crippen LogP contribution >= 0.6 is 0 Å². The van der Waals surface area contributed by atoms with Crippen LogP contribution in [0.4, 0.5) is 0 Å². The molecule has 3 rings (SSSR count). The molecular formula is C13H14N4O2S. The fraction of sp³-hybridized carbons (Fsp3) is 0.308. The molecule has 0 radical (unpaired) electrons. The van der Waals surface area contributed by atoms with Crippen LogP contribution < -0.4 is 5.56 Å². The van der Waals surface area contributed by atoms with Crippen molar-refractivity contribution in [2.45, 2.75) is 6.42 Å². The molecule has 0 amide bonds. The molecule has 1 N–H and O–H groups in total. The van der Waals surface area contributed by atoms with Crippen LogP contribution in [-0.4, -0.2) is 30.2 Å². The van der Waals surface area contributed by atoms with Crippen molar-refractivity contribution >= 4 is 26.3 Å². The van der Waals surface area contributed by atoms with E-state index in [1.165, 1.54) is 10.9 Å². The first kappa shape index (κ1) is 13.0. The number of hydrogen-bond donors (Lipinski definition) is 1. The first-order valence-corrected chi connectivity index (χ1v) is 8.11. The Hall–Kier alpha value is -2.02. The second-order valence-corrected chi connectivity index (χ2v) is 7.25. The standard InChI is InChI=1S/C13H14N4O2S/c1-17-12-10(7-15-8-16-12)6-11(13(17)18)9-2-4-20(14,19)5-3-9/h2,6-8,14H,3-5H2,1H3.